The first-order chi connectivity index (χ1) is 12.2. The van der Waals surface area contributed by atoms with Crippen molar-refractivity contribution in [2.45, 2.75) is 24.8 Å². The molecule has 140 valence electrons. The molecule has 0 unspecified atom stereocenters. The zero-order chi connectivity index (χ0) is 19.3. The summed E-state index contributed by atoms with van der Waals surface area (Å²) >= 11 is 0. The minimum atomic E-state index is -3.20. The molecule has 0 spiro atoms. The van der Waals surface area contributed by atoms with Gasteiger partial charge in [-0.25, -0.2) is 8.42 Å². The fourth-order valence-electron chi connectivity index (χ4n) is 2.79. The Morgan fingerprint density at radius 2 is 1.62 bits per heavy atom. The molecule has 5 nitrogen and oxygen atoms in total. The van der Waals surface area contributed by atoms with E-state index in [9.17, 15) is 13.2 Å². The summed E-state index contributed by atoms with van der Waals surface area (Å²) in [6, 6.07) is 16.4. The van der Waals surface area contributed by atoms with Crippen LogP contribution in [-0.4, -0.2) is 45.6 Å². The van der Waals surface area contributed by atoms with E-state index in [1.54, 1.807) is 29.2 Å². The molecule has 2 aromatic carbocycles. The van der Waals surface area contributed by atoms with Gasteiger partial charge in [0.15, 0.2) is 9.84 Å². The molecular formula is C20H26N2O3S. The van der Waals surface area contributed by atoms with Gasteiger partial charge in [-0.1, -0.05) is 30.3 Å². The van der Waals surface area contributed by atoms with E-state index < -0.39 is 9.84 Å². The fourth-order valence-corrected chi connectivity index (χ4v) is 3.42. The molecule has 0 radical (unpaired) electrons. The topological polar surface area (TPSA) is 57.7 Å². The Morgan fingerprint density at radius 1 is 1.04 bits per heavy atom. The molecule has 0 aliphatic rings. The van der Waals surface area contributed by atoms with E-state index in [2.05, 4.69) is 0 Å². The largest absolute Gasteiger partial charge is 0.312 e. The van der Waals surface area contributed by atoms with Crippen LogP contribution in [0.1, 0.15) is 25.5 Å². The molecule has 1 atom stereocenters. The third kappa shape index (κ3) is 4.93. The van der Waals surface area contributed by atoms with E-state index >= 15 is 0 Å². The van der Waals surface area contributed by atoms with Gasteiger partial charge in [0.05, 0.1) is 11.4 Å². The van der Waals surface area contributed by atoms with Crippen LogP contribution in [-0.2, 0) is 14.6 Å². The second-order valence-corrected chi connectivity index (χ2v) is 8.42. The number of carbonyl (C=O) groups excluding carboxylic acids is 1. The molecule has 1 amide bonds. The molecule has 0 heterocycles. The van der Waals surface area contributed by atoms with E-state index in [1.807, 2.05) is 56.1 Å². The van der Waals surface area contributed by atoms with Crippen LogP contribution in [0.4, 0.5) is 5.69 Å². The normalized spacial score (nSPS) is 12.8. The lowest BCUT2D eigenvalue weighted by atomic mass is 10.1. The van der Waals surface area contributed by atoms with Gasteiger partial charge in [0.1, 0.15) is 0 Å². The summed E-state index contributed by atoms with van der Waals surface area (Å²) in [5.41, 5.74) is 1.86. The summed E-state index contributed by atoms with van der Waals surface area (Å²) in [5.74, 6) is 0.0285. The molecule has 0 aromatic heterocycles. The van der Waals surface area contributed by atoms with Crippen molar-refractivity contribution in [1.29, 1.82) is 0 Å². The van der Waals surface area contributed by atoms with Crippen LogP contribution in [0.5, 0.6) is 0 Å². The van der Waals surface area contributed by atoms with Crippen LogP contribution in [0.2, 0.25) is 0 Å². The smallest absolute Gasteiger partial charge is 0.241 e. The average molecular weight is 375 g/mol. The summed E-state index contributed by atoms with van der Waals surface area (Å²) in [5, 5.41) is 0. The molecule has 0 aliphatic heterocycles. The first-order valence-electron chi connectivity index (χ1n) is 8.59. The van der Waals surface area contributed by atoms with Gasteiger partial charge < -0.3 is 4.90 Å². The molecule has 2 rings (SSSR count). The van der Waals surface area contributed by atoms with Crippen molar-refractivity contribution in [2.24, 2.45) is 0 Å². The van der Waals surface area contributed by atoms with Gasteiger partial charge in [-0.2, -0.15) is 0 Å². The van der Waals surface area contributed by atoms with Gasteiger partial charge in [0, 0.05) is 24.5 Å². The molecule has 26 heavy (non-hydrogen) atoms. The second-order valence-electron chi connectivity index (χ2n) is 6.41. The summed E-state index contributed by atoms with van der Waals surface area (Å²) in [4.78, 5) is 16.7. The first-order valence-corrected chi connectivity index (χ1v) is 10.5. The van der Waals surface area contributed by atoms with Crippen molar-refractivity contribution in [1.82, 2.24) is 4.90 Å². The van der Waals surface area contributed by atoms with Crippen molar-refractivity contribution in [2.75, 3.05) is 31.3 Å². The minimum absolute atomic E-state index is 0.0120. The predicted molar refractivity (Wildman–Crippen MR) is 105 cm³/mol. The Hall–Kier alpha value is -2.18. The van der Waals surface area contributed by atoms with E-state index in [0.717, 1.165) is 11.3 Å². The van der Waals surface area contributed by atoms with Crippen molar-refractivity contribution >= 4 is 21.4 Å². The van der Waals surface area contributed by atoms with Crippen LogP contribution >= 0.6 is 0 Å². The lowest BCUT2D eigenvalue weighted by Gasteiger charge is -2.28. The quantitative estimate of drug-likeness (QED) is 0.747. The number of nitrogens with zero attached hydrogens (tertiary/aromatic N) is 2. The summed E-state index contributed by atoms with van der Waals surface area (Å²) in [6.45, 7) is 4.84. The van der Waals surface area contributed by atoms with Gasteiger partial charge in [0.2, 0.25) is 5.91 Å². The maximum Gasteiger partial charge on any atom is 0.241 e. The molecule has 0 aliphatic carbocycles. The molecule has 0 bridgehead atoms. The summed E-state index contributed by atoms with van der Waals surface area (Å²) < 4.78 is 23.2. The maximum absolute atomic E-state index is 12.7. The number of anilines is 1. The van der Waals surface area contributed by atoms with Gasteiger partial charge in [-0.3, -0.25) is 9.69 Å². The Morgan fingerprint density at radius 3 is 2.12 bits per heavy atom. The number of benzene rings is 2. The third-order valence-electron chi connectivity index (χ3n) is 4.52. The number of sulfone groups is 1. The van der Waals surface area contributed by atoms with Crippen molar-refractivity contribution in [3.63, 3.8) is 0 Å². The zero-order valence-corrected chi connectivity index (χ0v) is 16.5. The van der Waals surface area contributed by atoms with Crippen LogP contribution in [0, 0.1) is 0 Å². The lowest BCUT2D eigenvalue weighted by Crippen LogP contribution is -2.39. The highest BCUT2D eigenvalue weighted by Crippen LogP contribution is 2.21. The van der Waals surface area contributed by atoms with E-state index in [4.69, 9.17) is 0 Å². The van der Waals surface area contributed by atoms with Gasteiger partial charge in [-0.05, 0) is 50.7 Å². The number of amides is 1. The highest BCUT2D eigenvalue weighted by Gasteiger charge is 2.20. The number of hydrogen-bond donors (Lipinski definition) is 0. The van der Waals surface area contributed by atoms with Crippen LogP contribution < -0.4 is 4.90 Å². The monoisotopic (exact) mass is 374 g/mol. The standard InChI is InChI=1S/C20H26N2O3S/c1-5-22(18-9-7-6-8-10-18)20(23)15-21(3)16(2)17-11-13-19(14-12-17)26(4,24)25/h6-14,16H,5,15H2,1-4H3/t16-/m0/s1. The number of carbonyl (C=O) groups is 1. The Balaban J connectivity index is 2.08. The summed E-state index contributed by atoms with van der Waals surface area (Å²) in [6.07, 6.45) is 1.19. The molecule has 0 saturated heterocycles. The first kappa shape index (κ1) is 20.1. The van der Waals surface area contributed by atoms with Crippen LogP contribution in [0.15, 0.2) is 59.5 Å². The number of rotatable bonds is 7. The molecule has 6 heteroatoms. The molecule has 0 fully saturated rings. The average Bonchev–Trinajstić information content (AvgIpc) is 2.62. The van der Waals surface area contributed by atoms with Crippen molar-refractivity contribution < 1.29 is 13.2 Å². The third-order valence-corrected chi connectivity index (χ3v) is 5.65. The van der Waals surface area contributed by atoms with E-state index in [0.29, 0.717) is 11.4 Å². The maximum atomic E-state index is 12.7. The van der Waals surface area contributed by atoms with Gasteiger partial charge in [-0.15, -0.1) is 0 Å². The fraction of sp³-hybridized carbons (Fsp3) is 0.350. The number of para-hydroxylation sites is 1. The molecule has 0 N–H and O–H groups in total. The van der Waals surface area contributed by atoms with Crippen molar-refractivity contribution in [3.8, 4) is 0 Å². The number of likely N-dealkylation sites (N-methyl/N-ethyl adjacent to an activating group) is 2. The minimum Gasteiger partial charge on any atom is -0.312 e. The van der Waals surface area contributed by atoms with Crippen molar-refractivity contribution in [3.05, 3.63) is 60.2 Å². The molecule has 2 aromatic rings. The van der Waals surface area contributed by atoms with Crippen LogP contribution in [0.3, 0.4) is 0 Å². The summed E-state index contributed by atoms with van der Waals surface area (Å²) in [7, 11) is -1.31. The predicted octanol–water partition coefficient (Wildman–Crippen LogP) is 3.14. The Labute approximate surface area is 156 Å². The van der Waals surface area contributed by atoms with Crippen LogP contribution in [0.25, 0.3) is 0 Å². The van der Waals surface area contributed by atoms with Gasteiger partial charge in [0.25, 0.3) is 0 Å². The Kier molecular flexibility index (Phi) is 6.56. The SMILES string of the molecule is CCN(C(=O)CN(C)[C@@H](C)c1ccc(S(C)(=O)=O)cc1)c1ccccc1. The highest BCUT2D eigenvalue weighted by molar-refractivity contribution is 7.90. The lowest BCUT2D eigenvalue weighted by molar-refractivity contribution is -0.119. The van der Waals surface area contributed by atoms with E-state index in [1.165, 1.54) is 6.26 Å². The molecule has 0 saturated carbocycles. The highest BCUT2D eigenvalue weighted by atomic mass is 32.2. The second kappa shape index (κ2) is 8.47. The molecular weight excluding hydrogens is 348 g/mol. The number of hydrogen-bond acceptors (Lipinski definition) is 4. The van der Waals surface area contributed by atoms with Gasteiger partial charge >= 0.3 is 0 Å². The van der Waals surface area contributed by atoms with E-state index in [-0.39, 0.29) is 18.5 Å². The Bertz CT molecular complexity index is 833. The zero-order valence-electron chi connectivity index (χ0n) is 15.7.